The molecule has 0 bridgehead atoms. The Morgan fingerprint density at radius 1 is 1.02 bits per heavy atom. The van der Waals surface area contributed by atoms with Crippen molar-refractivity contribution in [3.05, 3.63) is 48.9 Å². The number of hydrogen-bond acceptors (Lipinski definition) is 7. The SMILES string of the molecule is C=CN(C(CF)CF)C1CCC(CNc2nc(N3CCOCC3)cc(-n3c(C(F)F)nc4ccccc43)n2)CC1. The van der Waals surface area contributed by atoms with Crippen LogP contribution in [-0.4, -0.2) is 82.7 Å². The van der Waals surface area contributed by atoms with E-state index in [4.69, 9.17) is 9.72 Å². The van der Waals surface area contributed by atoms with Gasteiger partial charge in [-0.25, -0.2) is 22.5 Å². The monoisotopic (exact) mass is 561 g/mol. The normalized spacial score (nSPS) is 19.9. The van der Waals surface area contributed by atoms with Gasteiger partial charge in [-0.1, -0.05) is 18.7 Å². The van der Waals surface area contributed by atoms with E-state index in [2.05, 4.69) is 26.8 Å². The highest BCUT2D eigenvalue weighted by molar-refractivity contribution is 5.78. The van der Waals surface area contributed by atoms with Crippen LogP contribution in [-0.2, 0) is 4.74 Å². The number of rotatable bonds is 11. The second kappa shape index (κ2) is 12.8. The highest BCUT2D eigenvalue weighted by Gasteiger charge is 2.29. The van der Waals surface area contributed by atoms with Crippen molar-refractivity contribution in [1.82, 2.24) is 24.4 Å². The second-order valence-corrected chi connectivity index (χ2v) is 10.2. The van der Waals surface area contributed by atoms with Gasteiger partial charge in [-0.2, -0.15) is 9.97 Å². The zero-order valence-electron chi connectivity index (χ0n) is 22.4. The van der Waals surface area contributed by atoms with E-state index in [9.17, 15) is 17.6 Å². The Morgan fingerprint density at radius 2 is 1.73 bits per heavy atom. The summed E-state index contributed by atoms with van der Waals surface area (Å²) in [7, 11) is 0. The number of benzene rings is 1. The first-order valence-electron chi connectivity index (χ1n) is 13.8. The standard InChI is InChI=1S/C28H35F4N7O/c1-2-38(21(16-29)17-30)20-9-7-19(8-10-20)18-33-28-35-24(37-11-13-40-14-12-37)15-25(36-28)39-23-6-4-3-5-22(23)34-27(39)26(31)32/h2-6,15,19-21,26H,1,7-14,16-18H2,(H,33,35,36). The van der Waals surface area contributed by atoms with Crippen LogP contribution in [0.15, 0.2) is 43.1 Å². The van der Waals surface area contributed by atoms with Crippen LogP contribution in [0.3, 0.4) is 0 Å². The van der Waals surface area contributed by atoms with Crippen LogP contribution in [0, 0.1) is 5.92 Å². The summed E-state index contributed by atoms with van der Waals surface area (Å²) in [5.74, 6) is 1.23. The van der Waals surface area contributed by atoms with Gasteiger partial charge in [0.15, 0.2) is 5.82 Å². The molecule has 0 atom stereocenters. The Balaban J connectivity index is 1.37. The molecule has 216 valence electrons. The molecule has 1 aliphatic heterocycles. The smallest absolute Gasteiger partial charge is 0.296 e. The molecule has 3 aromatic rings. The number of para-hydroxylation sites is 2. The molecule has 2 aliphatic rings. The summed E-state index contributed by atoms with van der Waals surface area (Å²) in [4.78, 5) is 17.3. The molecule has 8 nitrogen and oxygen atoms in total. The number of nitrogens with zero attached hydrogens (tertiary/aromatic N) is 6. The largest absolute Gasteiger partial charge is 0.378 e. The summed E-state index contributed by atoms with van der Waals surface area (Å²) < 4.78 is 61.6. The van der Waals surface area contributed by atoms with Gasteiger partial charge in [-0.15, -0.1) is 0 Å². The predicted molar refractivity (Wildman–Crippen MR) is 147 cm³/mol. The first kappa shape index (κ1) is 28.1. The van der Waals surface area contributed by atoms with E-state index in [1.165, 1.54) is 4.57 Å². The molecule has 2 aromatic heterocycles. The minimum Gasteiger partial charge on any atom is -0.378 e. The first-order valence-corrected chi connectivity index (χ1v) is 13.8. The average Bonchev–Trinajstić information content (AvgIpc) is 3.40. The zero-order valence-corrected chi connectivity index (χ0v) is 22.4. The van der Waals surface area contributed by atoms with Crippen LogP contribution >= 0.6 is 0 Å². The van der Waals surface area contributed by atoms with Gasteiger partial charge >= 0.3 is 0 Å². The van der Waals surface area contributed by atoms with Gasteiger partial charge < -0.3 is 19.9 Å². The lowest BCUT2D eigenvalue weighted by Crippen LogP contribution is -2.44. The molecule has 0 amide bonds. The van der Waals surface area contributed by atoms with Crippen molar-refractivity contribution in [1.29, 1.82) is 0 Å². The molecule has 0 unspecified atom stereocenters. The minimum atomic E-state index is -2.79. The molecule has 12 heteroatoms. The maximum atomic E-state index is 14.1. The van der Waals surface area contributed by atoms with Crippen LogP contribution in [0.25, 0.3) is 16.9 Å². The fourth-order valence-electron chi connectivity index (χ4n) is 5.68. The van der Waals surface area contributed by atoms with Crippen molar-refractivity contribution in [3.63, 3.8) is 0 Å². The summed E-state index contributed by atoms with van der Waals surface area (Å²) in [6.07, 6.45) is 2.09. The Bertz CT molecular complexity index is 1270. The molecule has 1 saturated heterocycles. The Morgan fingerprint density at radius 3 is 2.40 bits per heavy atom. The van der Waals surface area contributed by atoms with Crippen LogP contribution < -0.4 is 10.2 Å². The van der Waals surface area contributed by atoms with E-state index in [1.54, 1.807) is 41.4 Å². The zero-order chi connectivity index (χ0) is 28.1. The predicted octanol–water partition coefficient (Wildman–Crippen LogP) is 5.31. The Hall–Kier alpha value is -3.41. The summed E-state index contributed by atoms with van der Waals surface area (Å²) in [6, 6.07) is 7.99. The van der Waals surface area contributed by atoms with E-state index in [-0.39, 0.29) is 11.9 Å². The van der Waals surface area contributed by atoms with Crippen molar-refractivity contribution in [3.8, 4) is 5.82 Å². The maximum absolute atomic E-state index is 14.1. The molecule has 40 heavy (non-hydrogen) atoms. The van der Waals surface area contributed by atoms with Crippen molar-refractivity contribution < 1.29 is 22.3 Å². The number of nitrogens with one attached hydrogen (secondary N) is 1. The first-order chi connectivity index (χ1) is 19.5. The number of aromatic nitrogens is 4. The van der Waals surface area contributed by atoms with Gasteiger partial charge in [0.05, 0.1) is 30.3 Å². The Kier molecular flexibility index (Phi) is 9.03. The molecule has 0 radical (unpaired) electrons. The summed E-state index contributed by atoms with van der Waals surface area (Å²) in [5.41, 5.74) is 1.01. The average molecular weight is 562 g/mol. The van der Waals surface area contributed by atoms with Crippen molar-refractivity contribution >= 4 is 22.8 Å². The number of fused-ring (bicyclic) bond motifs is 1. The van der Waals surface area contributed by atoms with Gasteiger partial charge in [0.1, 0.15) is 25.0 Å². The summed E-state index contributed by atoms with van der Waals surface area (Å²) >= 11 is 0. The number of halogens is 4. The Labute approximate surface area is 231 Å². The molecule has 5 rings (SSSR count). The highest BCUT2D eigenvalue weighted by atomic mass is 19.3. The van der Waals surface area contributed by atoms with Crippen LogP contribution in [0.5, 0.6) is 0 Å². The van der Waals surface area contributed by atoms with Crippen molar-refractivity contribution in [2.24, 2.45) is 5.92 Å². The number of hydrogen-bond donors (Lipinski definition) is 1. The lowest BCUT2D eigenvalue weighted by Gasteiger charge is -2.39. The van der Waals surface area contributed by atoms with Crippen molar-refractivity contribution in [2.45, 2.75) is 44.2 Å². The molecular formula is C28H35F4N7O. The number of morpholine rings is 1. The molecule has 3 heterocycles. The van der Waals surface area contributed by atoms with E-state index in [0.717, 1.165) is 25.7 Å². The number of imidazole rings is 1. The topological polar surface area (TPSA) is 71.3 Å². The van der Waals surface area contributed by atoms with E-state index in [1.807, 2.05) is 0 Å². The number of ether oxygens (including phenoxy) is 1. The highest BCUT2D eigenvalue weighted by Crippen LogP contribution is 2.31. The van der Waals surface area contributed by atoms with Gasteiger partial charge in [-0.3, -0.25) is 4.57 Å². The van der Waals surface area contributed by atoms with Gasteiger partial charge in [-0.05, 0) is 49.9 Å². The fourth-order valence-corrected chi connectivity index (χ4v) is 5.68. The van der Waals surface area contributed by atoms with Crippen LogP contribution in [0.1, 0.15) is 37.9 Å². The fraction of sp³-hybridized carbons (Fsp3) is 0.536. The van der Waals surface area contributed by atoms with E-state index >= 15 is 0 Å². The lowest BCUT2D eigenvalue weighted by molar-refractivity contribution is 0.110. The van der Waals surface area contributed by atoms with E-state index < -0.39 is 25.8 Å². The third kappa shape index (κ3) is 6.01. The maximum Gasteiger partial charge on any atom is 0.296 e. The molecule has 1 N–H and O–H groups in total. The van der Waals surface area contributed by atoms with E-state index in [0.29, 0.717) is 67.4 Å². The molecule has 1 saturated carbocycles. The number of alkyl halides is 4. The molecule has 0 spiro atoms. The third-order valence-corrected chi connectivity index (χ3v) is 7.82. The molecule has 2 fully saturated rings. The summed E-state index contributed by atoms with van der Waals surface area (Å²) in [5, 5.41) is 3.34. The van der Waals surface area contributed by atoms with Crippen LogP contribution in [0.2, 0.25) is 0 Å². The molecule has 1 aromatic carbocycles. The van der Waals surface area contributed by atoms with Crippen LogP contribution in [0.4, 0.5) is 29.3 Å². The molecule has 1 aliphatic carbocycles. The molecular weight excluding hydrogens is 526 g/mol. The van der Waals surface area contributed by atoms with Gasteiger partial charge in [0.2, 0.25) is 5.95 Å². The van der Waals surface area contributed by atoms with Gasteiger partial charge in [0, 0.05) is 31.7 Å². The van der Waals surface area contributed by atoms with Crippen molar-refractivity contribution in [2.75, 3.05) is 56.4 Å². The van der Waals surface area contributed by atoms with Gasteiger partial charge in [0.25, 0.3) is 6.43 Å². The minimum absolute atomic E-state index is 0.0556. The summed E-state index contributed by atoms with van der Waals surface area (Å²) in [6.45, 7) is 5.22. The second-order valence-electron chi connectivity index (χ2n) is 10.2. The quantitative estimate of drug-likeness (QED) is 0.318. The number of anilines is 2. The third-order valence-electron chi connectivity index (χ3n) is 7.82. The lowest BCUT2D eigenvalue weighted by atomic mass is 9.85.